The van der Waals surface area contributed by atoms with Crippen molar-refractivity contribution in [3.05, 3.63) is 17.3 Å². The molecule has 1 N–H and O–H groups in total. The molecular formula is C16H27IN4O3. The molecule has 24 heavy (non-hydrogen) atoms. The number of oxazole rings is 1. The minimum Gasteiger partial charge on any atom is -0.466 e. The molecule has 1 fully saturated rings. The van der Waals surface area contributed by atoms with E-state index in [1.807, 2.05) is 20.8 Å². The van der Waals surface area contributed by atoms with Crippen LogP contribution in [0.5, 0.6) is 0 Å². The van der Waals surface area contributed by atoms with Crippen molar-refractivity contribution in [2.45, 2.75) is 40.2 Å². The highest BCUT2D eigenvalue weighted by atomic mass is 127. The number of carbonyl (C=O) groups is 1. The van der Waals surface area contributed by atoms with Gasteiger partial charge in [0.05, 0.1) is 24.8 Å². The van der Waals surface area contributed by atoms with E-state index in [-0.39, 0.29) is 35.9 Å². The van der Waals surface area contributed by atoms with E-state index in [0.717, 1.165) is 36.8 Å². The summed E-state index contributed by atoms with van der Waals surface area (Å²) in [6.07, 6.45) is 1.81. The van der Waals surface area contributed by atoms with Crippen LogP contribution < -0.4 is 5.32 Å². The van der Waals surface area contributed by atoms with Gasteiger partial charge in [-0.1, -0.05) is 0 Å². The van der Waals surface area contributed by atoms with Gasteiger partial charge in [0.15, 0.2) is 5.96 Å². The van der Waals surface area contributed by atoms with Crippen molar-refractivity contribution in [2.75, 3.05) is 26.7 Å². The number of nitrogens with zero attached hydrogens (tertiary/aromatic N) is 3. The van der Waals surface area contributed by atoms with Crippen molar-refractivity contribution in [1.82, 2.24) is 15.2 Å². The molecular weight excluding hydrogens is 423 g/mol. The van der Waals surface area contributed by atoms with Gasteiger partial charge in [-0.2, -0.15) is 0 Å². The van der Waals surface area contributed by atoms with Crippen LogP contribution >= 0.6 is 24.0 Å². The Balaban J connectivity index is 0.00000288. The molecule has 1 aliphatic heterocycles. The first kappa shape index (κ1) is 20.7. The molecule has 0 amide bonds. The molecule has 1 aliphatic rings. The number of aliphatic imine (C=N–C) groups is 1. The number of hydrogen-bond acceptors (Lipinski definition) is 5. The quantitative estimate of drug-likeness (QED) is 0.328. The smallest absolute Gasteiger partial charge is 0.310 e. The summed E-state index contributed by atoms with van der Waals surface area (Å²) in [7, 11) is 1.74. The van der Waals surface area contributed by atoms with Gasteiger partial charge in [0.25, 0.3) is 0 Å². The number of halogens is 1. The number of likely N-dealkylation sites (tertiary alicyclic amines) is 1. The van der Waals surface area contributed by atoms with Crippen LogP contribution in [0.15, 0.2) is 9.41 Å². The lowest BCUT2D eigenvalue weighted by Crippen LogP contribution is -2.48. The first-order valence-corrected chi connectivity index (χ1v) is 8.10. The molecule has 1 aromatic heterocycles. The molecule has 0 spiro atoms. The average molecular weight is 450 g/mol. The van der Waals surface area contributed by atoms with Crippen molar-refractivity contribution in [3.63, 3.8) is 0 Å². The van der Waals surface area contributed by atoms with Crippen molar-refractivity contribution < 1.29 is 13.9 Å². The Kier molecular flexibility index (Phi) is 8.51. The third kappa shape index (κ3) is 5.35. The molecule has 2 heterocycles. The van der Waals surface area contributed by atoms with Gasteiger partial charge < -0.3 is 19.4 Å². The lowest BCUT2D eigenvalue weighted by molar-refractivity contribution is -0.149. The largest absolute Gasteiger partial charge is 0.466 e. The Morgan fingerprint density at radius 2 is 2.25 bits per heavy atom. The standard InChI is InChI=1S/C16H26N4O3.HI/c1-5-22-15(21)13-7-6-8-20(10-13)16(17-4)18-9-14-19-11(2)12(3)23-14;/h13H,5-10H2,1-4H3,(H,17,18);1H. The topological polar surface area (TPSA) is 80.0 Å². The van der Waals surface area contributed by atoms with Crippen LogP contribution in [-0.2, 0) is 16.1 Å². The average Bonchev–Trinajstić information content (AvgIpc) is 2.87. The molecule has 0 saturated carbocycles. The van der Waals surface area contributed by atoms with Gasteiger partial charge in [0.2, 0.25) is 5.89 Å². The van der Waals surface area contributed by atoms with E-state index in [1.165, 1.54) is 0 Å². The number of rotatable bonds is 4. The summed E-state index contributed by atoms with van der Waals surface area (Å²) in [6, 6.07) is 0. The van der Waals surface area contributed by atoms with Crippen molar-refractivity contribution in [3.8, 4) is 0 Å². The molecule has 8 heteroatoms. The van der Waals surface area contributed by atoms with Gasteiger partial charge >= 0.3 is 5.97 Å². The zero-order chi connectivity index (χ0) is 16.8. The molecule has 0 bridgehead atoms. The monoisotopic (exact) mass is 450 g/mol. The lowest BCUT2D eigenvalue weighted by atomic mass is 9.98. The predicted octanol–water partition coefficient (Wildman–Crippen LogP) is 2.26. The fraction of sp³-hybridized carbons (Fsp3) is 0.688. The second kappa shape index (κ2) is 9.85. The minimum absolute atomic E-state index is 0. The Bertz CT molecular complexity index is 554. The predicted molar refractivity (Wildman–Crippen MR) is 103 cm³/mol. The van der Waals surface area contributed by atoms with E-state index in [1.54, 1.807) is 7.05 Å². The highest BCUT2D eigenvalue weighted by Crippen LogP contribution is 2.18. The van der Waals surface area contributed by atoms with Crippen LogP contribution in [0.25, 0.3) is 0 Å². The summed E-state index contributed by atoms with van der Waals surface area (Å²) >= 11 is 0. The number of guanidine groups is 1. The lowest BCUT2D eigenvalue weighted by Gasteiger charge is -2.33. The molecule has 0 aromatic carbocycles. The van der Waals surface area contributed by atoms with Crippen LogP contribution in [0.1, 0.15) is 37.1 Å². The van der Waals surface area contributed by atoms with Crippen molar-refractivity contribution in [2.24, 2.45) is 10.9 Å². The summed E-state index contributed by atoms with van der Waals surface area (Å²) < 4.78 is 10.7. The summed E-state index contributed by atoms with van der Waals surface area (Å²) in [5.41, 5.74) is 0.900. The molecule has 136 valence electrons. The molecule has 1 unspecified atom stereocenters. The van der Waals surface area contributed by atoms with Crippen molar-refractivity contribution in [1.29, 1.82) is 0 Å². The van der Waals surface area contributed by atoms with E-state index >= 15 is 0 Å². The van der Waals surface area contributed by atoms with Gasteiger partial charge in [-0.15, -0.1) is 24.0 Å². The van der Waals surface area contributed by atoms with Gasteiger partial charge in [-0.25, -0.2) is 4.98 Å². The second-order valence-corrected chi connectivity index (χ2v) is 5.69. The molecule has 0 aliphatic carbocycles. The molecule has 1 saturated heterocycles. The number of nitrogens with one attached hydrogen (secondary N) is 1. The van der Waals surface area contributed by atoms with E-state index in [4.69, 9.17) is 9.15 Å². The van der Waals surface area contributed by atoms with Crippen LogP contribution in [-0.4, -0.2) is 48.6 Å². The minimum atomic E-state index is -0.119. The molecule has 0 radical (unpaired) electrons. The maximum absolute atomic E-state index is 11.9. The number of piperidine rings is 1. The van der Waals surface area contributed by atoms with Gasteiger partial charge in [0, 0.05) is 20.1 Å². The highest BCUT2D eigenvalue weighted by Gasteiger charge is 2.28. The van der Waals surface area contributed by atoms with E-state index in [9.17, 15) is 4.79 Å². The summed E-state index contributed by atoms with van der Waals surface area (Å²) in [4.78, 5) is 22.7. The van der Waals surface area contributed by atoms with E-state index in [2.05, 4.69) is 20.2 Å². The fourth-order valence-electron chi connectivity index (χ4n) is 2.72. The Labute approximate surface area is 160 Å². The normalized spacial score (nSPS) is 18.1. The number of ether oxygens (including phenoxy) is 1. The number of carbonyl (C=O) groups excluding carboxylic acids is 1. The van der Waals surface area contributed by atoms with Crippen LogP contribution in [0.4, 0.5) is 0 Å². The fourth-order valence-corrected chi connectivity index (χ4v) is 2.72. The third-order valence-electron chi connectivity index (χ3n) is 4.02. The van der Waals surface area contributed by atoms with Crippen LogP contribution in [0.2, 0.25) is 0 Å². The van der Waals surface area contributed by atoms with Gasteiger partial charge in [0.1, 0.15) is 5.76 Å². The first-order chi connectivity index (χ1) is 11.0. The van der Waals surface area contributed by atoms with E-state index in [0.29, 0.717) is 25.6 Å². The number of aromatic nitrogens is 1. The Hall–Kier alpha value is -1.32. The third-order valence-corrected chi connectivity index (χ3v) is 4.02. The Morgan fingerprint density at radius 1 is 1.50 bits per heavy atom. The summed E-state index contributed by atoms with van der Waals surface area (Å²) in [5.74, 6) is 2.02. The van der Waals surface area contributed by atoms with Gasteiger partial charge in [-0.3, -0.25) is 9.79 Å². The van der Waals surface area contributed by atoms with Gasteiger partial charge in [-0.05, 0) is 33.6 Å². The SMILES string of the molecule is CCOC(=O)C1CCCN(C(=NC)NCc2nc(C)c(C)o2)C1.I. The first-order valence-electron chi connectivity index (χ1n) is 8.10. The van der Waals surface area contributed by atoms with Crippen LogP contribution in [0.3, 0.4) is 0 Å². The van der Waals surface area contributed by atoms with Crippen molar-refractivity contribution >= 4 is 35.9 Å². The second-order valence-electron chi connectivity index (χ2n) is 5.69. The highest BCUT2D eigenvalue weighted by molar-refractivity contribution is 14.0. The zero-order valence-electron chi connectivity index (χ0n) is 14.8. The maximum atomic E-state index is 11.9. The molecule has 1 atom stereocenters. The summed E-state index contributed by atoms with van der Waals surface area (Å²) in [5, 5.41) is 3.26. The van der Waals surface area contributed by atoms with E-state index < -0.39 is 0 Å². The Morgan fingerprint density at radius 3 is 2.83 bits per heavy atom. The molecule has 2 rings (SSSR count). The van der Waals surface area contributed by atoms with Crippen LogP contribution in [0, 0.1) is 19.8 Å². The maximum Gasteiger partial charge on any atom is 0.310 e. The molecule has 1 aromatic rings. The number of aryl methyl sites for hydroxylation is 2. The molecule has 7 nitrogen and oxygen atoms in total. The zero-order valence-corrected chi connectivity index (χ0v) is 17.1. The summed E-state index contributed by atoms with van der Waals surface area (Å²) in [6.45, 7) is 8.05. The number of hydrogen-bond donors (Lipinski definition) is 1. The number of esters is 1.